The number of nitrogens with zero attached hydrogens (tertiary/aromatic N) is 2. The van der Waals surface area contributed by atoms with Crippen LogP contribution in [0.3, 0.4) is 0 Å². The molecule has 4 heteroatoms. The summed E-state index contributed by atoms with van der Waals surface area (Å²) in [5.41, 5.74) is 6.41. The summed E-state index contributed by atoms with van der Waals surface area (Å²) < 4.78 is 12.8. The molecule has 1 aliphatic rings. The second-order valence-corrected chi connectivity index (χ2v) is 4.66. The summed E-state index contributed by atoms with van der Waals surface area (Å²) in [6, 6.07) is 10.8. The summed E-state index contributed by atoms with van der Waals surface area (Å²) >= 11 is 0. The van der Waals surface area contributed by atoms with E-state index in [2.05, 4.69) is 15.5 Å². The third-order valence-electron chi connectivity index (χ3n) is 3.23. The standard InChI is InChI=1S/C15H14FN3/c16-13-3-1-11(2-4-13)9-14-10-15(19-18-14)12-5-7-17-8-6-12/h1-8,14,18H,9-10H2. The lowest BCUT2D eigenvalue weighted by Gasteiger charge is -2.09. The van der Waals surface area contributed by atoms with Gasteiger partial charge in [-0.15, -0.1) is 0 Å². The van der Waals surface area contributed by atoms with Crippen molar-refractivity contribution in [3.63, 3.8) is 0 Å². The van der Waals surface area contributed by atoms with Crippen LogP contribution >= 0.6 is 0 Å². The van der Waals surface area contributed by atoms with Crippen molar-refractivity contribution in [1.82, 2.24) is 10.4 Å². The van der Waals surface area contributed by atoms with Crippen LogP contribution in [-0.4, -0.2) is 16.7 Å². The molecule has 2 aromatic rings. The first-order valence-electron chi connectivity index (χ1n) is 6.28. The number of halogens is 1. The topological polar surface area (TPSA) is 37.3 Å². The van der Waals surface area contributed by atoms with Crippen molar-refractivity contribution < 1.29 is 4.39 Å². The fourth-order valence-corrected chi connectivity index (χ4v) is 2.24. The third kappa shape index (κ3) is 2.78. The fourth-order valence-electron chi connectivity index (χ4n) is 2.24. The van der Waals surface area contributed by atoms with Crippen molar-refractivity contribution in [2.24, 2.45) is 5.10 Å². The van der Waals surface area contributed by atoms with Gasteiger partial charge < -0.3 is 5.43 Å². The largest absolute Gasteiger partial charge is 0.306 e. The Hall–Kier alpha value is -2.23. The Labute approximate surface area is 111 Å². The van der Waals surface area contributed by atoms with Crippen LogP contribution < -0.4 is 5.43 Å². The number of hydrogen-bond donors (Lipinski definition) is 1. The molecular weight excluding hydrogens is 241 g/mol. The molecule has 3 nitrogen and oxygen atoms in total. The average molecular weight is 255 g/mol. The summed E-state index contributed by atoms with van der Waals surface area (Å²) in [6.07, 6.45) is 5.26. The minimum Gasteiger partial charge on any atom is -0.306 e. The molecule has 0 bridgehead atoms. The van der Waals surface area contributed by atoms with Crippen LogP contribution in [-0.2, 0) is 6.42 Å². The first-order valence-corrected chi connectivity index (χ1v) is 6.28. The Morgan fingerprint density at radius 3 is 2.58 bits per heavy atom. The van der Waals surface area contributed by atoms with Gasteiger partial charge in [0.25, 0.3) is 0 Å². The van der Waals surface area contributed by atoms with Crippen LogP contribution in [0, 0.1) is 5.82 Å². The normalized spacial score (nSPS) is 17.9. The maximum Gasteiger partial charge on any atom is 0.123 e. The van der Waals surface area contributed by atoms with E-state index in [0.29, 0.717) is 0 Å². The lowest BCUT2D eigenvalue weighted by atomic mass is 10.00. The van der Waals surface area contributed by atoms with E-state index in [1.165, 1.54) is 12.1 Å². The zero-order chi connectivity index (χ0) is 13.1. The lowest BCUT2D eigenvalue weighted by molar-refractivity contribution is 0.579. The number of benzene rings is 1. The predicted octanol–water partition coefficient (Wildman–Crippen LogP) is 2.53. The number of aromatic nitrogens is 1. The Morgan fingerprint density at radius 1 is 1.11 bits per heavy atom. The third-order valence-corrected chi connectivity index (χ3v) is 3.23. The van der Waals surface area contributed by atoms with E-state index in [9.17, 15) is 4.39 Å². The predicted molar refractivity (Wildman–Crippen MR) is 72.4 cm³/mol. The van der Waals surface area contributed by atoms with E-state index >= 15 is 0 Å². The second-order valence-electron chi connectivity index (χ2n) is 4.66. The Kier molecular flexibility index (Phi) is 3.23. The van der Waals surface area contributed by atoms with Gasteiger partial charge in [0.05, 0.1) is 11.8 Å². The van der Waals surface area contributed by atoms with Gasteiger partial charge in [-0.1, -0.05) is 12.1 Å². The van der Waals surface area contributed by atoms with Crippen molar-refractivity contribution in [3.05, 3.63) is 65.7 Å². The minimum atomic E-state index is -0.197. The highest BCUT2D eigenvalue weighted by Crippen LogP contribution is 2.15. The molecular formula is C15H14FN3. The van der Waals surface area contributed by atoms with Gasteiger partial charge in [-0.3, -0.25) is 4.98 Å². The minimum absolute atomic E-state index is 0.197. The van der Waals surface area contributed by atoms with Gasteiger partial charge in [0.15, 0.2) is 0 Å². The van der Waals surface area contributed by atoms with Crippen LogP contribution in [0.4, 0.5) is 4.39 Å². The van der Waals surface area contributed by atoms with Gasteiger partial charge in [-0.25, -0.2) is 4.39 Å². The first kappa shape index (κ1) is 11.8. The average Bonchev–Trinajstić information content (AvgIpc) is 2.91. The molecule has 3 rings (SSSR count). The quantitative estimate of drug-likeness (QED) is 0.915. The maximum atomic E-state index is 12.8. The summed E-state index contributed by atoms with van der Waals surface area (Å²) in [5.74, 6) is -0.197. The van der Waals surface area contributed by atoms with E-state index in [0.717, 1.165) is 29.7 Å². The van der Waals surface area contributed by atoms with Crippen molar-refractivity contribution in [3.8, 4) is 0 Å². The monoisotopic (exact) mass is 255 g/mol. The highest BCUT2D eigenvalue weighted by Gasteiger charge is 2.19. The first-order chi connectivity index (χ1) is 9.31. The molecule has 1 N–H and O–H groups in total. The molecule has 1 aliphatic heterocycles. The molecule has 0 saturated carbocycles. The van der Waals surface area contributed by atoms with E-state index in [4.69, 9.17) is 0 Å². The van der Waals surface area contributed by atoms with Crippen LogP contribution in [0.1, 0.15) is 17.5 Å². The maximum absolute atomic E-state index is 12.8. The molecule has 0 fully saturated rings. The summed E-state index contributed by atoms with van der Waals surface area (Å²) in [5, 5.41) is 4.37. The second kappa shape index (κ2) is 5.18. The smallest absolute Gasteiger partial charge is 0.123 e. The van der Waals surface area contributed by atoms with Gasteiger partial charge in [0.2, 0.25) is 0 Å². The molecule has 0 amide bonds. The van der Waals surface area contributed by atoms with Crippen molar-refractivity contribution in [2.75, 3.05) is 0 Å². The van der Waals surface area contributed by atoms with Crippen LogP contribution in [0.5, 0.6) is 0 Å². The molecule has 1 aromatic heterocycles. The Balaban J connectivity index is 1.64. The molecule has 0 saturated heterocycles. The van der Waals surface area contributed by atoms with Gasteiger partial charge in [-0.2, -0.15) is 5.10 Å². The highest BCUT2D eigenvalue weighted by atomic mass is 19.1. The highest BCUT2D eigenvalue weighted by molar-refractivity contribution is 6.01. The van der Waals surface area contributed by atoms with Crippen LogP contribution in [0.25, 0.3) is 0 Å². The molecule has 1 aromatic carbocycles. The molecule has 0 radical (unpaired) electrons. The number of hydrogen-bond acceptors (Lipinski definition) is 3. The summed E-state index contributed by atoms with van der Waals surface area (Å²) in [6.45, 7) is 0. The molecule has 2 heterocycles. The number of rotatable bonds is 3. The fraction of sp³-hybridized carbons (Fsp3) is 0.200. The van der Waals surface area contributed by atoms with E-state index in [1.807, 2.05) is 24.3 Å². The summed E-state index contributed by atoms with van der Waals surface area (Å²) in [7, 11) is 0. The van der Waals surface area contributed by atoms with E-state index in [-0.39, 0.29) is 11.9 Å². The SMILES string of the molecule is Fc1ccc(CC2CC(c3ccncc3)=NN2)cc1. The number of pyridine rings is 1. The van der Waals surface area contributed by atoms with E-state index in [1.54, 1.807) is 12.4 Å². The lowest BCUT2D eigenvalue weighted by Crippen LogP contribution is -2.22. The molecule has 0 spiro atoms. The number of hydrazone groups is 1. The van der Waals surface area contributed by atoms with Crippen LogP contribution in [0.2, 0.25) is 0 Å². The van der Waals surface area contributed by atoms with E-state index < -0.39 is 0 Å². The Morgan fingerprint density at radius 2 is 1.84 bits per heavy atom. The van der Waals surface area contributed by atoms with Crippen molar-refractivity contribution in [1.29, 1.82) is 0 Å². The zero-order valence-electron chi connectivity index (χ0n) is 10.4. The van der Waals surface area contributed by atoms with Crippen LogP contribution in [0.15, 0.2) is 53.9 Å². The van der Waals surface area contributed by atoms with Gasteiger partial charge in [0, 0.05) is 24.4 Å². The molecule has 96 valence electrons. The summed E-state index contributed by atoms with van der Waals surface area (Å²) in [4.78, 5) is 4.00. The molecule has 0 aliphatic carbocycles. The zero-order valence-corrected chi connectivity index (χ0v) is 10.4. The molecule has 1 atom stereocenters. The molecule has 19 heavy (non-hydrogen) atoms. The molecule has 1 unspecified atom stereocenters. The van der Waals surface area contributed by atoms with Gasteiger partial charge >= 0.3 is 0 Å². The van der Waals surface area contributed by atoms with Gasteiger partial charge in [-0.05, 0) is 36.2 Å². The number of nitrogens with one attached hydrogen (secondary N) is 1. The van der Waals surface area contributed by atoms with Crippen molar-refractivity contribution >= 4 is 5.71 Å². The van der Waals surface area contributed by atoms with Crippen molar-refractivity contribution in [2.45, 2.75) is 18.9 Å². The Bertz CT molecular complexity index is 578. The van der Waals surface area contributed by atoms with Gasteiger partial charge in [0.1, 0.15) is 5.82 Å².